The summed E-state index contributed by atoms with van der Waals surface area (Å²) in [5.41, 5.74) is 1.81. The fourth-order valence-electron chi connectivity index (χ4n) is 2.94. The lowest BCUT2D eigenvalue weighted by atomic mass is 10.3. The van der Waals surface area contributed by atoms with Gasteiger partial charge in [-0.05, 0) is 42.8 Å². The average Bonchev–Trinajstić information content (AvgIpc) is 3.35. The molecule has 0 aliphatic carbocycles. The molecule has 0 atom stereocenters. The van der Waals surface area contributed by atoms with Gasteiger partial charge in [-0.1, -0.05) is 18.2 Å². The normalized spacial score (nSPS) is 13.8. The summed E-state index contributed by atoms with van der Waals surface area (Å²) >= 11 is 1.56. The molecule has 1 fully saturated rings. The zero-order valence-corrected chi connectivity index (χ0v) is 15.7. The SMILES string of the molecule is O=C1CCCN1c1ccc(OCc2csc(COc3ccccc3)n2)cc1. The van der Waals surface area contributed by atoms with Crippen LogP contribution in [-0.4, -0.2) is 17.4 Å². The standard InChI is InChI=1S/C21H20N2O3S/c24-21-7-4-12-23(21)17-8-10-19(11-9-17)25-13-16-15-27-20(22-16)14-26-18-5-2-1-3-6-18/h1-3,5-6,8-11,15H,4,7,12-14H2. The third-order valence-electron chi connectivity index (χ3n) is 4.31. The topological polar surface area (TPSA) is 51.7 Å². The number of hydrogen-bond acceptors (Lipinski definition) is 5. The molecule has 1 amide bonds. The van der Waals surface area contributed by atoms with Crippen LogP contribution in [0.1, 0.15) is 23.5 Å². The Bertz CT molecular complexity index is 893. The maximum atomic E-state index is 11.8. The van der Waals surface area contributed by atoms with Gasteiger partial charge in [-0.25, -0.2) is 4.98 Å². The summed E-state index contributed by atoms with van der Waals surface area (Å²) in [6, 6.07) is 17.4. The van der Waals surface area contributed by atoms with Gasteiger partial charge in [-0.2, -0.15) is 0 Å². The Balaban J connectivity index is 1.29. The van der Waals surface area contributed by atoms with Gasteiger partial charge in [0.1, 0.15) is 29.7 Å². The number of amides is 1. The summed E-state index contributed by atoms with van der Waals surface area (Å²) in [4.78, 5) is 18.2. The van der Waals surface area contributed by atoms with E-state index in [4.69, 9.17) is 9.47 Å². The molecule has 1 aromatic heterocycles. The summed E-state index contributed by atoms with van der Waals surface area (Å²) in [5.74, 6) is 1.79. The first-order chi connectivity index (χ1) is 13.3. The van der Waals surface area contributed by atoms with Crippen molar-refractivity contribution in [1.82, 2.24) is 4.98 Å². The third kappa shape index (κ3) is 4.46. The Morgan fingerprint density at radius 2 is 1.70 bits per heavy atom. The fourth-order valence-corrected chi connectivity index (χ4v) is 3.63. The van der Waals surface area contributed by atoms with Gasteiger partial charge < -0.3 is 14.4 Å². The van der Waals surface area contributed by atoms with Crippen molar-refractivity contribution in [2.45, 2.75) is 26.1 Å². The van der Waals surface area contributed by atoms with Crippen LogP contribution >= 0.6 is 11.3 Å². The van der Waals surface area contributed by atoms with E-state index in [1.165, 1.54) is 0 Å². The Kier molecular flexibility index (Phi) is 5.34. The predicted molar refractivity (Wildman–Crippen MR) is 105 cm³/mol. The lowest BCUT2D eigenvalue weighted by molar-refractivity contribution is -0.117. The number of carbonyl (C=O) groups excluding carboxylic acids is 1. The van der Waals surface area contributed by atoms with Gasteiger partial charge in [0.15, 0.2) is 0 Å². The molecule has 1 saturated heterocycles. The van der Waals surface area contributed by atoms with E-state index in [1.807, 2.05) is 64.9 Å². The number of hydrogen-bond donors (Lipinski definition) is 0. The highest BCUT2D eigenvalue weighted by molar-refractivity contribution is 7.09. The molecule has 0 bridgehead atoms. The summed E-state index contributed by atoms with van der Waals surface area (Å²) in [6.07, 6.45) is 1.57. The molecule has 4 rings (SSSR count). The molecular weight excluding hydrogens is 360 g/mol. The highest BCUT2D eigenvalue weighted by Crippen LogP contribution is 2.24. The lowest BCUT2D eigenvalue weighted by Gasteiger charge is -2.15. The van der Waals surface area contributed by atoms with Crippen molar-refractivity contribution < 1.29 is 14.3 Å². The number of carbonyl (C=O) groups is 1. The van der Waals surface area contributed by atoms with Crippen LogP contribution in [0.4, 0.5) is 5.69 Å². The molecule has 0 radical (unpaired) electrons. The molecule has 6 heteroatoms. The molecule has 0 N–H and O–H groups in total. The molecule has 5 nitrogen and oxygen atoms in total. The van der Waals surface area contributed by atoms with E-state index in [0.29, 0.717) is 19.6 Å². The van der Waals surface area contributed by atoms with Gasteiger partial charge in [0, 0.05) is 24.0 Å². The van der Waals surface area contributed by atoms with Crippen molar-refractivity contribution in [2.24, 2.45) is 0 Å². The molecule has 1 aliphatic heterocycles. The highest BCUT2D eigenvalue weighted by atomic mass is 32.1. The predicted octanol–water partition coefficient (Wildman–Crippen LogP) is 4.43. The van der Waals surface area contributed by atoms with E-state index < -0.39 is 0 Å². The number of aromatic nitrogens is 1. The van der Waals surface area contributed by atoms with Crippen LogP contribution in [0.5, 0.6) is 11.5 Å². The van der Waals surface area contributed by atoms with Crippen LogP contribution in [0.3, 0.4) is 0 Å². The van der Waals surface area contributed by atoms with Gasteiger partial charge in [0.25, 0.3) is 0 Å². The molecular formula is C21H20N2O3S. The number of para-hydroxylation sites is 1. The first-order valence-corrected chi connectivity index (χ1v) is 9.80. The zero-order valence-electron chi connectivity index (χ0n) is 14.8. The van der Waals surface area contributed by atoms with E-state index >= 15 is 0 Å². The highest BCUT2D eigenvalue weighted by Gasteiger charge is 2.21. The van der Waals surface area contributed by atoms with Crippen molar-refractivity contribution >= 4 is 22.9 Å². The number of thiazole rings is 1. The van der Waals surface area contributed by atoms with Crippen LogP contribution in [-0.2, 0) is 18.0 Å². The van der Waals surface area contributed by atoms with Crippen molar-refractivity contribution in [1.29, 1.82) is 0 Å². The van der Waals surface area contributed by atoms with Crippen LogP contribution in [0, 0.1) is 0 Å². The second-order valence-electron chi connectivity index (χ2n) is 6.27. The first kappa shape index (κ1) is 17.5. The van der Waals surface area contributed by atoms with Gasteiger partial charge in [0.05, 0.1) is 5.69 Å². The Labute approximate surface area is 162 Å². The van der Waals surface area contributed by atoms with E-state index in [9.17, 15) is 4.79 Å². The second kappa shape index (κ2) is 8.22. The number of anilines is 1. The summed E-state index contributed by atoms with van der Waals surface area (Å²) in [7, 11) is 0. The van der Waals surface area contributed by atoms with E-state index in [-0.39, 0.29) is 5.91 Å². The number of benzene rings is 2. The molecule has 138 valence electrons. The lowest BCUT2D eigenvalue weighted by Crippen LogP contribution is -2.23. The Hall–Kier alpha value is -2.86. The van der Waals surface area contributed by atoms with Crippen molar-refractivity contribution in [3.05, 3.63) is 70.7 Å². The van der Waals surface area contributed by atoms with E-state index in [0.717, 1.165) is 40.9 Å². The molecule has 27 heavy (non-hydrogen) atoms. The number of rotatable bonds is 7. The van der Waals surface area contributed by atoms with Gasteiger partial charge in [0.2, 0.25) is 5.91 Å². The largest absolute Gasteiger partial charge is 0.487 e. The minimum absolute atomic E-state index is 0.191. The molecule has 0 unspecified atom stereocenters. The third-order valence-corrected chi connectivity index (χ3v) is 5.18. The maximum Gasteiger partial charge on any atom is 0.227 e. The molecule has 3 aromatic rings. The monoisotopic (exact) mass is 380 g/mol. The van der Waals surface area contributed by atoms with Gasteiger partial charge >= 0.3 is 0 Å². The summed E-state index contributed by atoms with van der Waals surface area (Å²) < 4.78 is 11.5. The quantitative estimate of drug-likeness (QED) is 0.609. The van der Waals surface area contributed by atoms with E-state index in [1.54, 1.807) is 11.3 Å². The molecule has 0 saturated carbocycles. The maximum absolute atomic E-state index is 11.8. The summed E-state index contributed by atoms with van der Waals surface area (Å²) in [6.45, 7) is 1.66. The summed E-state index contributed by atoms with van der Waals surface area (Å²) in [5, 5.41) is 2.90. The fraction of sp³-hybridized carbons (Fsp3) is 0.238. The number of nitrogens with zero attached hydrogens (tertiary/aromatic N) is 2. The molecule has 2 aromatic carbocycles. The second-order valence-corrected chi connectivity index (χ2v) is 7.21. The Morgan fingerprint density at radius 1 is 0.963 bits per heavy atom. The van der Waals surface area contributed by atoms with Crippen LogP contribution in [0.15, 0.2) is 60.0 Å². The van der Waals surface area contributed by atoms with Gasteiger partial charge in [-0.15, -0.1) is 11.3 Å². The van der Waals surface area contributed by atoms with Crippen molar-refractivity contribution in [3.8, 4) is 11.5 Å². The van der Waals surface area contributed by atoms with Crippen molar-refractivity contribution in [2.75, 3.05) is 11.4 Å². The van der Waals surface area contributed by atoms with Crippen LogP contribution in [0.2, 0.25) is 0 Å². The minimum Gasteiger partial charge on any atom is -0.487 e. The smallest absolute Gasteiger partial charge is 0.227 e. The van der Waals surface area contributed by atoms with E-state index in [2.05, 4.69) is 4.98 Å². The first-order valence-electron chi connectivity index (χ1n) is 8.92. The zero-order chi connectivity index (χ0) is 18.5. The van der Waals surface area contributed by atoms with Gasteiger partial charge in [-0.3, -0.25) is 4.79 Å². The average molecular weight is 380 g/mol. The molecule has 1 aliphatic rings. The Morgan fingerprint density at radius 3 is 2.44 bits per heavy atom. The van der Waals surface area contributed by atoms with Crippen molar-refractivity contribution in [3.63, 3.8) is 0 Å². The van der Waals surface area contributed by atoms with Crippen LogP contribution in [0.25, 0.3) is 0 Å². The molecule has 0 spiro atoms. The van der Waals surface area contributed by atoms with Crippen LogP contribution < -0.4 is 14.4 Å². The minimum atomic E-state index is 0.191. The number of ether oxygens (including phenoxy) is 2. The molecule has 2 heterocycles.